The van der Waals surface area contributed by atoms with Gasteiger partial charge in [0, 0.05) is 12.7 Å². The Labute approximate surface area is 119 Å². The van der Waals surface area contributed by atoms with Crippen molar-refractivity contribution in [2.75, 3.05) is 6.61 Å². The third kappa shape index (κ3) is 2.98. The summed E-state index contributed by atoms with van der Waals surface area (Å²) in [6, 6.07) is 0. The van der Waals surface area contributed by atoms with Crippen molar-refractivity contribution in [3.63, 3.8) is 0 Å². The quantitative estimate of drug-likeness (QED) is 0.624. The van der Waals surface area contributed by atoms with Gasteiger partial charge < -0.3 is 9.53 Å². The third-order valence-corrected chi connectivity index (χ3v) is 10.0. The molecule has 110 valence electrons. The second-order valence-electron chi connectivity index (χ2n) is 7.80. The fraction of sp³-hybridized carbons (Fsp3) is 0.875. The Balaban J connectivity index is 2.06. The van der Waals surface area contributed by atoms with Gasteiger partial charge in [-0.2, -0.15) is 0 Å². The van der Waals surface area contributed by atoms with Crippen molar-refractivity contribution in [3.8, 4) is 0 Å². The molecule has 3 heteroatoms. The van der Waals surface area contributed by atoms with Crippen LogP contribution in [-0.4, -0.2) is 26.1 Å². The van der Waals surface area contributed by atoms with Gasteiger partial charge in [-0.25, -0.2) is 0 Å². The molecule has 0 aromatic carbocycles. The minimum Gasteiger partial charge on any atom is -0.414 e. The molecule has 1 fully saturated rings. The van der Waals surface area contributed by atoms with Crippen molar-refractivity contribution >= 4 is 8.32 Å². The van der Waals surface area contributed by atoms with Crippen LogP contribution in [-0.2, 0) is 4.43 Å². The maximum atomic E-state index is 9.23. The molecule has 0 radical (unpaired) electrons. The van der Waals surface area contributed by atoms with Crippen molar-refractivity contribution in [1.29, 1.82) is 0 Å². The first-order chi connectivity index (χ1) is 8.76. The molecule has 0 aromatic heterocycles. The van der Waals surface area contributed by atoms with E-state index >= 15 is 0 Å². The molecule has 0 saturated heterocycles. The molecule has 0 aliphatic heterocycles. The lowest BCUT2D eigenvalue weighted by Gasteiger charge is -2.40. The topological polar surface area (TPSA) is 29.5 Å². The van der Waals surface area contributed by atoms with Crippen molar-refractivity contribution in [2.45, 2.75) is 64.3 Å². The van der Waals surface area contributed by atoms with Crippen LogP contribution in [0.5, 0.6) is 0 Å². The Morgan fingerprint density at radius 3 is 2.47 bits per heavy atom. The van der Waals surface area contributed by atoms with E-state index in [-0.39, 0.29) is 5.04 Å². The van der Waals surface area contributed by atoms with Crippen molar-refractivity contribution < 1.29 is 9.53 Å². The van der Waals surface area contributed by atoms with Gasteiger partial charge in [-0.05, 0) is 55.1 Å². The SMILES string of the molecule is CC(C)(C)[Si](C)(C)O[C@@H]1CC[C@H]2C=C[C@@H](CCO)[C@H]21. The van der Waals surface area contributed by atoms with Crippen LogP contribution in [0.15, 0.2) is 12.2 Å². The number of allylic oxidation sites excluding steroid dienone is 2. The number of aliphatic hydroxyl groups excluding tert-OH is 1. The van der Waals surface area contributed by atoms with E-state index in [0.29, 0.717) is 30.5 Å². The van der Waals surface area contributed by atoms with E-state index in [1.807, 2.05) is 0 Å². The average Bonchev–Trinajstić information content (AvgIpc) is 2.82. The maximum absolute atomic E-state index is 9.23. The van der Waals surface area contributed by atoms with E-state index in [1.54, 1.807) is 0 Å². The van der Waals surface area contributed by atoms with Gasteiger partial charge in [0.15, 0.2) is 8.32 Å². The standard InChI is InChI=1S/C16H30O2Si/c1-16(2,3)19(4,5)18-14-9-8-12-6-7-13(10-11-17)15(12)14/h6-7,12-15,17H,8-11H2,1-5H3/t12-,13+,14-,15+/m1/s1. The largest absolute Gasteiger partial charge is 0.414 e. The monoisotopic (exact) mass is 282 g/mol. The molecular formula is C16H30O2Si. The lowest BCUT2D eigenvalue weighted by Crippen LogP contribution is -2.45. The fourth-order valence-corrected chi connectivity index (χ4v) is 4.76. The van der Waals surface area contributed by atoms with E-state index in [2.05, 4.69) is 46.0 Å². The minimum atomic E-state index is -1.67. The molecule has 0 spiro atoms. The molecule has 0 amide bonds. The summed E-state index contributed by atoms with van der Waals surface area (Å²) in [5, 5.41) is 9.51. The highest BCUT2D eigenvalue weighted by atomic mass is 28.4. The number of rotatable bonds is 4. The first-order valence-electron chi connectivity index (χ1n) is 7.73. The van der Waals surface area contributed by atoms with Crippen molar-refractivity contribution in [3.05, 3.63) is 12.2 Å². The zero-order valence-corrected chi connectivity index (χ0v) is 14.1. The Morgan fingerprint density at radius 1 is 1.21 bits per heavy atom. The van der Waals surface area contributed by atoms with E-state index in [9.17, 15) is 5.11 Å². The zero-order chi connectivity index (χ0) is 14.3. The smallest absolute Gasteiger partial charge is 0.192 e. The zero-order valence-electron chi connectivity index (χ0n) is 13.1. The minimum absolute atomic E-state index is 0.281. The molecule has 1 N–H and O–H groups in total. The number of aliphatic hydroxyl groups is 1. The predicted octanol–water partition coefficient (Wildman–Crippen LogP) is 3.97. The van der Waals surface area contributed by atoms with Crippen molar-refractivity contribution in [1.82, 2.24) is 0 Å². The van der Waals surface area contributed by atoms with Gasteiger partial charge in [0.1, 0.15) is 0 Å². The van der Waals surface area contributed by atoms with Crippen LogP contribution in [0.2, 0.25) is 18.1 Å². The number of hydrogen-bond acceptors (Lipinski definition) is 2. The molecule has 19 heavy (non-hydrogen) atoms. The van der Waals surface area contributed by atoms with Crippen LogP contribution in [0.3, 0.4) is 0 Å². The van der Waals surface area contributed by atoms with Crippen LogP contribution < -0.4 is 0 Å². The summed E-state index contributed by atoms with van der Waals surface area (Å²) in [5.74, 6) is 1.86. The van der Waals surface area contributed by atoms with Crippen LogP contribution in [0, 0.1) is 17.8 Å². The number of hydrogen-bond donors (Lipinski definition) is 1. The van der Waals surface area contributed by atoms with Gasteiger partial charge in [-0.15, -0.1) is 0 Å². The van der Waals surface area contributed by atoms with E-state index in [4.69, 9.17) is 4.43 Å². The number of fused-ring (bicyclic) bond motifs is 1. The average molecular weight is 282 g/mol. The van der Waals surface area contributed by atoms with Gasteiger partial charge in [-0.1, -0.05) is 32.9 Å². The maximum Gasteiger partial charge on any atom is 0.192 e. The van der Waals surface area contributed by atoms with Gasteiger partial charge in [0.25, 0.3) is 0 Å². The predicted molar refractivity (Wildman–Crippen MR) is 82.6 cm³/mol. The van der Waals surface area contributed by atoms with E-state index in [0.717, 1.165) is 6.42 Å². The summed E-state index contributed by atoms with van der Waals surface area (Å²) in [5.41, 5.74) is 0. The summed E-state index contributed by atoms with van der Waals surface area (Å²) in [4.78, 5) is 0. The van der Waals surface area contributed by atoms with Gasteiger partial charge in [-0.3, -0.25) is 0 Å². The summed E-state index contributed by atoms with van der Waals surface area (Å²) < 4.78 is 6.67. The summed E-state index contributed by atoms with van der Waals surface area (Å²) in [6.45, 7) is 11.9. The van der Waals surface area contributed by atoms with E-state index < -0.39 is 8.32 Å². The fourth-order valence-electron chi connectivity index (χ4n) is 3.38. The first-order valence-corrected chi connectivity index (χ1v) is 10.6. The Morgan fingerprint density at radius 2 is 1.89 bits per heavy atom. The van der Waals surface area contributed by atoms with Crippen LogP contribution in [0.25, 0.3) is 0 Å². The highest BCUT2D eigenvalue weighted by Gasteiger charge is 2.47. The van der Waals surface area contributed by atoms with Crippen LogP contribution in [0.1, 0.15) is 40.0 Å². The van der Waals surface area contributed by atoms with Crippen molar-refractivity contribution in [2.24, 2.45) is 17.8 Å². The second kappa shape index (κ2) is 5.34. The lowest BCUT2D eigenvalue weighted by atomic mass is 9.87. The first kappa shape index (κ1) is 15.3. The molecule has 2 aliphatic carbocycles. The molecule has 2 aliphatic rings. The molecule has 1 saturated carbocycles. The molecule has 0 bridgehead atoms. The third-order valence-electron chi connectivity index (χ3n) is 5.52. The summed E-state index contributed by atoms with van der Waals surface area (Å²) in [6.07, 6.45) is 8.48. The Kier molecular flexibility index (Phi) is 4.29. The molecule has 0 heterocycles. The lowest BCUT2D eigenvalue weighted by molar-refractivity contribution is 0.105. The Hall–Kier alpha value is -0.123. The summed E-state index contributed by atoms with van der Waals surface area (Å²) >= 11 is 0. The molecular weight excluding hydrogens is 252 g/mol. The highest BCUT2D eigenvalue weighted by molar-refractivity contribution is 6.74. The molecule has 4 atom stereocenters. The molecule has 0 aromatic rings. The highest BCUT2D eigenvalue weighted by Crippen LogP contribution is 2.48. The Bertz CT molecular complexity index is 343. The van der Waals surface area contributed by atoms with Crippen LogP contribution in [0.4, 0.5) is 0 Å². The molecule has 2 rings (SSSR count). The van der Waals surface area contributed by atoms with Crippen LogP contribution >= 0.6 is 0 Å². The van der Waals surface area contributed by atoms with Gasteiger partial charge in [0.05, 0.1) is 0 Å². The van der Waals surface area contributed by atoms with E-state index in [1.165, 1.54) is 12.8 Å². The molecule has 0 unspecified atom stereocenters. The molecule has 2 nitrogen and oxygen atoms in total. The second-order valence-corrected chi connectivity index (χ2v) is 12.6. The van der Waals surface area contributed by atoms with Gasteiger partial charge >= 0.3 is 0 Å². The normalized spacial score (nSPS) is 34.8. The van der Waals surface area contributed by atoms with Gasteiger partial charge in [0.2, 0.25) is 0 Å². The summed E-state index contributed by atoms with van der Waals surface area (Å²) in [7, 11) is -1.67.